The number of hydrogen-bond donors (Lipinski definition) is 2. The van der Waals surface area contributed by atoms with Gasteiger partial charge in [-0.25, -0.2) is 8.78 Å². The van der Waals surface area contributed by atoms with E-state index in [0.717, 1.165) is 17.4 Å². The SMILES string of the molecule is CCOc1ccc(C(C)NC(=S)Nc2ccc(F)cc2F)cc1. The van der Waals surface area contributed by atoms with Crippen molar-refractivity contribution in [3.8, 4) is 5.75 Å². The number of nitrogens with one attached hydrogen (secondary N) is 2. The molecule has 0 spiro atoms. The van der Waals surface area contributed by atoms with Gasteiger partial charge in [0.15, 0.2) is 5.11 Å². The van der Waals surface area contributed by atoms with Crippen molar-refractivity contribution in [2.75, 3.05) is 11.9 Å². The number of anilines is 1. The van der Waals surface area contributed by atoms with Gasteiger partial charge in [-0.3, -0.25) is 0 Å². The van der Waals surface area contributed by atoms with E-state index in [1.807, 2.05) is 38.1 Å². The normalized spacial score (nSPS) is 11.7. The molecule has 2 N–H and O–H groups in total. The van der Waals surface area contributed by atoms with Crippen LogP contribution in [0.15, 0.2) is 42.5 Å². The van der Waals surface area contributed by atoms with Crippen LogP contribution in [0.3, 0.4) is 0 Å². The summed E-state index contributed by atoms with van der Waals surface area (Å²) in [6, 6.07) is 10.8. The molecule has 0 heterocycles. The summed E-state index contributed by atoms with van der Waals surface area (Å²) in [5.74, 6) is -0.518. The Morgan fingerprint density at radius 3 is 2.48 bits per heavy atom. The zero-order chi connectivity index (χ0) is 16.8. The van der Waals surface area contributed by atoms with Crippen LogP contribution in [0.5, 0.6) is 5.75 Å². The number of halogens is 2. The Morgan fingerprint density at radius 2 is 1.87 bits per heavy atom. The average Bonchev–Trinajstić information content (AvgIpc) is 2.51. The molecule has 3 nitrogen and oxygen atoms in total. The quantitative estimate of drug-likeness (QED) is 0.793. The zero-order valence-electron chi connectivity index (χ0n) is 12.9. The summed E-state index contributed by atoms with van der Waals surface area (Å²) in [6.45, 7) is 4.48. The van der Waals surface area contributed by atoms with E-state index in [1.54, 1.807) is 0 Å². The standard InChI is InChI=1S/C17H18F2N2OS/c1-3-22-14-7-4-12(5-8-14)11(2)20-17(23)21-16-9-6-13(18)10-15(16)19/h4-11H,3H2,1-2H3,(H2,20,21,23). The fraction of sp³-hybridized carbons (Fsp3) is 0.235. The van der Waals surface area contributed by atoms with Crippen molar-refractivity contribution >= 4 is 23.0 Å². The zero-order valence-corrected chi connectivity index (χ0v) is 13.7. The minimum Gasteiger partial charge on any atom is -0.494 e. The first-order valence-electron chi connectivity index (χ1n) is 7.25. The summed E-state index contributed by atoms with van der Waals surface area (Å²) in [5.41, 5.74) is 1.14. The largest absolute Gasteiger partial charge is 0.494 e. The van der Waals surface area contributed by atoms with Crippen LogP contribution in [0, 0.1) is 11.6 Å². The van der Waals surface area contributed by atoms with E-state index in [-0.39, 0.29) is 16.8 Å². The molecule has 0 fully saturated rings. The molecule has 1 atom stereocenters. The topological polar surface area (TPSA) is 33.3 Å². The van der Waals surface area contributed by atoms with Gasteiger partial charge in [-0.2, -0.15) is 0 Å². The molecule has 23 heavy (non-hydrogen) atoms. The molecular weight excluding hydrogens is 318 g/mol. The van der Waals surface area contributed by atoms with Crippen molar-refractivity contribution in [2.45, 2.75) is 19.9 Å². The third-order valence-corrected chi connectivity index (χ3v) is 3.44. The van der Waals surface area contributed by atoms with Gasteiger partial charge in [0.25, 0.3) is 0 Å². The number of hydrogen-bond acceptors (Lipinski definition) is 2. The van der Waals surface area contributed by atoms with Gasteiger partial charge in [0, 0.05) is 6.07 Å². The maximum Gasteiger partial charge on any atom is 0.171 e. The smallest absolute Gasteiger partial charge is 0.171 e. The minimum atomic E-state index is -0.692. The number of ether oxygens (including phenoxy) is 1. The van der Waals surface area contributed by atoms with Gasteiger partial charge in [-0.1, -0.05) is 12.1 Å². The van der Waals surface area contributed by atoms with E-state index in [0.29, 0.717) is 6.61 Å². The fourth-order valence-electron chi connectivity index (χ4n) is 2.05. The molecule has 122 valence electrons. The number of benzene rings is 2. The summed E-state index contributed by atoms with van der Waals surface area (Å²) in [4.78, 5) is 0. The molecule has 0 saturated heterocycles. The molecular formula is C17H18F2N2OS. The molecule has 0 bridgehead atoms. The van der Waals surface area contributed by atoms with Crippen LogP contribution in [0.25, 0.3) is 0 Å². The molecule has 0 aliphatic rings. The summed E-state index contributed by atoms with van der Waals surface area (Å²) in [5, 5.41) is 6.04. The summed E-state index contributed by atoms with van der Waals surface area (Å²) in [6.07, 6.45) is 0. The third-order valence-electron chi connectivity index (χ3n) is 3.22. The Balaban J connectivity index is 1.96. The molecule has 2 rings (SSSR count). The van der Waals surface area contributed by atoms with Crippen LogP contribution < -0.4 is 15.4 Å². The molecule has 0 amide bonds. The number of thiocarbonyl (C=S) groups is 1. The maximum absolute atomic E-state index is 13.6. The van der Waals surface area contributed by atoms with E-state index in [4.69, 9.17) is 17.0 Å². The second kappa shape index (κ2) is 7.87. The molecule has 6 heteroatoms. The highest BCUT2D eigenvalue weighted by Crippen LogP contribution is 2.19. The van der Waals surface area contributed by atoms with Gasteiger partial charge in [-0.15, -0.1) is 0 Å². The third kappa shape index (κ3) is 4.89. The lowest BCUT2D eigenvalue weighted by Gasteiger charge is -2.18. The van der Waals surface area contributed by atoms with Gasteiger partial charge in [0.05, 0.1) is 18.3 Å². The maximum atomic E-state index is 13.6. The van der Waals surface area contributed by atoms with Gasteiger partial charge in [0.2, 0.25) is 0 Å². The molecule has 0 aromatic heterocycles. The summed E-state index contributed by atoms with van der Waals surface area (Å²) < 4.78 is 31.9. The monoisotopic (exact) mass is 336 g/mol. The van der Waals surface area contributed by atoms with E-state index in [2.05, 4.69) is 10.6 Å². The van der Waals surface area contributed by atoms with Crippen LogP contribution >= 0.6 is 12.2 Å². The van der Waals surface area contributed by atoms with Crippen LogP contribution in [-0.4, -0.2) is 11.7 Å². The van der Waals surface area contributed by atoms with Crippen molar-refractivity contribution in [2.24, 2.45) is 0 Å². The van der Waals surface area contributed by atoms with Crippen LogP contribution in [0.4, 0.5) is 14.5 Å². The Morgan fingerprint density at radius 1 is 1.17 bits per heavy atom. The molecule has 0 saturated carbocycles. The van der Waals surface area contributed by atoms with E-state index < -0.39 is 11.6 Å². The average molecular weight is 336 g/mol. The van der Waals surface area contributed by atoms with Gasteiger partial charge < -0.3 is 15.4 Å². The molecule has 0 aliphatic heterocycles. The highest BCUT2D eigenvalue weighted by atomic mass is 32.1. The molecule has 1 unspecified atom stereocenters. The van der Waals surface area contributed by atoms with Crippen molar-refractivity contribution in [3.63, 3.8) is 0 Å². The Labute approximate surface area is 139 Å². The predicted octanol–water partition coefficient (Wildman–Crippen LogP) is 4.41. The van der Waals surface area contributed by atoms with Crippen molar-refractivity contribution in [1.29, 1.82) is 0 Å². The van der Waals surface area contributed by atoms with Crippen molar-refractivity contribution in [1.82, 2.24) is 5.32 Å². The first kappa shape index (κ1) is 17.1. The Kier molecular flexibility index (Phi) is 5.87. The Bertz CT molecular complexity index is 677. The van der Waals surface area contributed by atoms with Gasteiger partial charge in [-0.05, 0) is 55.9 Å². The fourth-order valence-corrected chi connectivity index (χ4v) is 2.34. The highest BCUT2D eigenvalue weighted by molar-refractivity contribution is 7.80. The van der Waals surface area contributed by atoms with Crippen LogP contribution in [0.1, 0.15) is 25.5 Å². The van der Waals surface area contributed by atoms with Gasteiger partial charge >= 0.3 is 0 Å². The van der Waals surface area contributed by atoms with Gasteiger partial charge in [0.1, 0.15) is 17.4 Å². The van der Waals surface area contributed by atoms with Crippen LogP contribution in [0.2, 0.25) is 0 Å². The van der Waals surface area contributed by atoms with E-state index in [9.17, 15) is 8.78 Å². The first-order valence-corrected chi connectivity index (χ1v) is 7.65. The molecule has 2 aromatic carbocycles. The predicted molar refractivity (Wildman–Crippen MR) is 91.7 cm³/mol. The van der Waals surface area contributed by atoms with Crippen molar-refractivity contribution in [3.05, 3.63) is 59.7 Å². The van der Waals surface area contributed by atoms with E-state index in [1.165, 1.54) is 12.1 Å². The lowest BCUT2D eigenvalue weighted by atomic mass is 10.1. The second-order valence-corrected chi connectivity index (χ2v) is 5.35. The summed E-state index contributed by atoms with van der Waals surface area (Å²) >= 11 is 5.16. The highest BCUT2D eigenvalue weighted by Gasteiger charge is 2.10. The lowest BCUT2D eigenvalue weighted by Crippen LogP contribution is -2.31. The second-order valence-electron chi connectivity index (χ2n) is 4.95. The first-order chi connectivity index (χ1) is 11.0. The molecule has 0 aliphatic carbocycles. The number of rotatable bonds is 5. The summed E-state index contributed by atoms with van der Waals surface area (Å²) in [7, 11) is 0. The van der Waals surface area contributed by atoms with E-state index >= 15 is 0 Å². The van der Waals surface area contributed by atoms with Crippen molar-refractivity contribution < 1.29 is 13.5 Å². The molecule has 0 radical (unpaired) electrons. The molecule has 2 aromatic rings. The lowest BCUT2D eigenvalue weighted by molar-refractivity contribution is 0.340. The minimum absolute atomic E-state index is 0.0748. The Hall–Kier alpha value is -2.21. The van der Waals surface area contributed by atoms with Crippen LogP contribution in [-0.2, 0) is 0 Å².